The number of nitrogens with zero attached hydrogens (tertiary/aromatic N) is 1. The number of halogens is 1. The molecule has 0 aliphatic carbocycles. The lowest BCUT2D eigenvalue weighted by atomic mass is 10.0. The molecule has 3 heterocycles. The van der Waals surface area contributed by atoms with Gasteiger partial charge in [-0.25, -0.2) is 4.39 Å². The van der Waals surface area contributed by atoms with E-state index in [-0.39, 0.29) is 30.4 Å². The third-order valence-electron chi connectivity index (χ3n) is 6.01. The van der Waals surface area contributed by atoms with Crippen LogP contribution in [-0.4, -0.2) is 37.1 Å². The van der Waals surface area contributed by atoms with Crippen LogP contribution in [0.5, 0.6) is 11.5 Å². The Hall–Kier alpha value is -2.90. The van der Waals surface area contributed by atoms with Crippen molar-refractivity contribution in [3.05, 3.63) is 81.8 Å². The Labute approximate surface area is 190 Å². The third-order valence-corrected chi connectivity index (χ3v) is 6.95. The standard InChI is InChI=1S/C25H25FN2O3S/c26-19-8-5-17(6-9-19)25(23-4-2-14-32-23)27-16-24(29)28-11-1-3-20(28)18-7-10-21-22(15-18)31-13-12-30-21/h2,4-10,14-15,20,25,27H,1,3,11-13,16H2/t20-,25+/m1/s1. The SMILES string of the molecule is O=C(CN[C@@H](c1ccc(F)cc1)c1cccs1)N1CCC[C@@H]1c1ccc2c(c1)OCCO2. The van der Waals surface area contributed by atoms with Crippen molar-refractivity contribution in [3.63, 3.8) is 0 Å². The molecule has 2 aliphatic rings. The molecule has 1 aromatic heterocycles. The molecule has 7 heteroatoms. The minimum Gasteiger partial charge on any atom is -0.486 e. The van der Waals surface area contributed by atoms with Crippen molar-refractivity contribution < 1.29 is 18.7 Å². The summed E-state index contributed by atoms with van der Waals surface area (Å²) >= 11 is 1.62. The molecule has 1 N–H and O–H groups in total. The number of likely N-dealkylation sites (tertiary alicyclic amines) is 1. The molecule has 2 atom stereocenters. The van der Waals surface area contributed by atoms with Gasteiger partial charge in [-0.3, -0.25) is 10.1 Å². The summed E-state index contributed by atoms with van der Waals surface area (Å²) in [4.78, 5) is 16.3. The zero-order valence-corrected chi connectivity index (χ0v) is 18.4. The molecule has 0 saturated carbocycles. The molecule has 1 saturated heterocycles. The highest BCUT2D eigenvalue weighted by molar-refractivity contribution is 7.10. The molecular weight excluding hydrogens is 427 g/mol. The maximum Gasteiger partial charge on any atom is 0.237 e. The van der Waals surface area contributed by atoms with Gasteiger partial charge >= 0.3 is 0 Å². The van der Waals surface area contributed by atoms with Crippen LogP contribution in [0.3, 0.4) is 0 Å². The lowest BCUT2D eigenvalue weighted by molar-refractivity contribution is -0.131. The van der Waals surface area contributed by atoms with Crippen molar-refractivity contribution in [1.29, 1.82) is 0 Å². The maximum atomic E-state index is 13.4. The zero-order valence-electron chi connectivity index (χ0n) is 17.6. The van der Waals surface area contributed by atoms with E-state index in [1.165, 1.54) is 12.1 Å². The summed E-state index contributed by atoms with van der Waals surface area (Å²) in [6.07, 6.45) is 1.90. The number of nitrogens with one attached hydrogen (secondary N) is 1. The summed E-state index contributed by atoms with van der Waals surface area (Å²) in [6.45, 7) is 2.05. The topological polar surface area (TPSA) is 50.8 Å². The highest BCUT2D eigenvalue weighted by Crippen LogP contribution is 2.38. The second-order valence-corrected chi connectivity index (χ2v) is 9.01. The first-order chi connectivity index (χ1) is 15.7. The summed E-state index contributed by atoms with van der Waals surface area (Å²) < 4.78 is 24.8. The first-order valence-electron chi connectivity index (χ1n) is 10.9. The van der Waals surface area contributed by atoms with E-state index in [4.69, 9.17) is 9.47 Å². The summed E-state index contributed by atoms with van der Waals surface area (Å²) in [5, 5.41) is 5.42. The monoisotopic (exact) mass is 452 g/mol. The van der Waals surface area contributed by atoms with Gasteiger partial charge in [-0.2, -0.15) is 0 Å². The number of hydrogen-bond acceptors (Lipinski definition) is 5. The van der Waals surface area contributed by atoms with Crippen molar-refractivity contribution in [2.45, 2.75) is 24.9 Å². The zero-order chi connectivity index (χ0) is 21.9. The smallest absolute Gasteiger partial charge is 0.237 e. The second-order valence-electron chi connectivity index (χ2n) is 8.03. The van der Waals surface area contributed by atoms with E-state index < -0.39 is 0 Å². The van der Waals surface area contributed by atoms with Gasteiger partial charge in [-0.05, 0) is 59.7 Å². The van der Waals surface area contributed by atoms with E-state index in [2.05, 4.69) is 5.32 Å². The van der Waals surface area contributed by atoms with E-state index in [9.17, 15) is 9.18 Å². The summed E-state index contributed by atoms with van der Waals surface area (Å²) in [7, 11) is 0. The molecule has 2 aromatic carbocycles. The maximum absolute atomic E-state index is 13.4. The molecule has 0 spiro atoms. The largest absolute Gasteiger partial charge is 0.486 e. The summed E-state index contributed by atoms with van der Waals surface area (Å²) in [6, 6.07) is 16.3. The minimum absolute atomic E-state index is 0.0335. The third kappa shape index (κ3) is 4.36. The first-order valence-corrected chi connectivity index (χ1v) is 11.8. The Morgan fingerprint density at radius 1 is 1.12 bits per heavy atom. The molecule has 5 nitrogen and oxygen atoms in total. The molecule has 5 rings (SSSR count). The van der Waals surface area contributed by atoms with Gasteiger partial charge in [-0.1, -0.05) is 24.3 Å². The Morgan fingerprint density at radius 2 is 1.94 bits per heavy atom. The molecule has 166 valence electrons. The van der Waals surface area contributed by atoms with E-state index in [1.807, 2.05) is 40.6 Å². The van der Waals surface area contributed by atoms with Crippen LogP contribution in [0.25, 0.3) is 0 Å². The molecule has 0 bridgehead atoms. The Bertz CT molecular complexity index is 1070. The number of thiophene rings is 1. The fourth-order valence-corrected chi connectivity index (χ4v) is 5.29. The number of benzene rings is 2. The van der Waals surface area contributed by atoms with E-state index in [0.717, 1.165) is 46.9 Å². The summed E-state index contributed by atoms with van der Waals surface area (Å²) in [5.74, 6) is 1.30. The second kappa shape index (κ2) is 9.30. The highest BCUT2D eigenvalue weighted by atomic mass is 32.1. The number of carbonyl (C=O) groups is 1. The average Bonchev–Trinajstić information content (AvgIpc) is 3.52. The minimum atomic E-state index is -0.269. The van der Waals surface area contributed by atoms with Crippen molar-refractivity contribution in [2.75, 3.05) is 26.3 Å². The highest BCUT2D eigenvalue weighted by Gasteiger charge is 2.31. The fraction of sp³-hybridized carbons (Fsp3) is 0.320. The number of ether oxygens (including phenoxy) is 2. The normalized spacial score (nSPS) is 18.5. The van der Waals surface area contributed by atoms with Crippen molar-refractivity contribution >= 4 is 17.2 Å². The Kier molecular flexibility index (Phi) is 6.10. The quantitative estimate of drug-likeness (QED) is 0.589. The van der Waals surface area contributed by atoms with E-state index >= 15 is 0 Å². The molecular formula is C25H25FN2O3S. The number of rotatable bonds is 6. The predicted octanol–water partition coefficient (Wildman–Crippen LogP) is 4.70. The molecule has 0 radical (unpaired) electrons. The van der Waals surface area contributed by atoms with Crippen molar-refractivity contribution in [1.82, 2.24) is 10.2 Å². The van der Waals surface area contributed by atoms with Gasteiger partial charge in [0.05, 0.1) is 18.6 Å². The molecule has 3 aromatic rings. The van der Waals surface area contributed by atoms with E-state index in [1.54, 1.807) is 23.5 Å². The number of carbonyl (C=O) groups excluding carboxylic acids is 1. The van der Waals surface area contributed by atoms with Gasteiger partial charge in [-0.15, -0.1) is 11.3 Å². The van der Waals surface area contributed by atoms with Gasteiger partial charge in [0.25, 0.3) is 0 Å². The lowest BCUT2D eigenvalue weighted by Crippen LogP contribution is -2.39. The number of fused-ring (bicyclic) bond motifs is 1. The van der Waals surface area contributed by atoms with Crippen LogP contribution < -0.4 is 14.8 Å². The van der Waals surface area contributed by atoms with Gasteiger partial charge in [0, 0.05) is 11.4 Å². The van der Waals surface area contributed by atoms with Gasteiger partial charge in [0.1, 0.15) is 19.0 Å². The molecule has 1 fully saturated rings. The Morgan fingerprint density at radius 3 is 2.72 bits per heavy atom. The van der Waals surface area contributed by atoms with Crippen LogP contribution in [0, 0.1) is 5.82 Å². The Balaban J connectivity index is 1.30. The number of amides is 1. The molecule has 1 amide bonds. The van der Waals surface area contributed by atoms with Crippen LogP contribution >= 0.6 is 11.3 Å². The van der Waals surface area contributed by atoms with Gasteiger partial charge in [0.15, 0.2) is 11.5 Å². The summed E-state index contributed by atoms with van der Waals surface area (Å²) in [5.41, 5.74) is 2.01. The van der Waals surface area contributed by atoms with Crippen LogP contribution in [0.15, 0.2) is 60.0 Å². The molecule has 0 unspecified atom stereocenters. The van der Waals surface area contributed by atoms with Crippen LogP contribution in [0.1, 0.15) is 40.9 Å². The molecule has 2 aliphatic heterocycles. The van der Waals surface area contributed by atoms with Crippen LogP contribution in [0.2, 0.25) is 0 Å². The molecule has 32 heavy (non-hydrogen) atoms. The first kappa shape index (κ1) is 21.0. The fourth-order valence-electron chi connectivity index (χ4n) is 4.46. The van der Waals surface area contributed by atoms with E-state index in [0.29, 0.717) is 13.2 Å². The predicted molar refractivity (Wildman–Crippen MR) is 122 cm³/mol. The van der Waals surface area contributed by atoms with Crippen molar-refractivity contribution in [3.8, 4) is 11.5 Å². The number of hydrogen-bond donors (Lipinski definition) is 1. The lowest BCUT2D eigenvalue weighted by Gasteiger charge is -2.28. The average molecular weight is 453 g/mol. The van der Waals surface area contributed by atoms with Crippen LogP contribution in [-0.2, 0) is 4.79 Å². The van der Waals surface area contributed by atoms with Gasteiger partial charge in [0.2, 0.25) is 5.91 Å². The van der Waals surface area contributed by atoms with Gasteiger partial charge < -0.3 is 14.4 Å². The van der Waals surface area contributed by atoms with Crippen LogP contribution in [0.4, 0.5) is 4.39 Å². The van der Waals surface area contributed by atoms with Crippen molar-refractivity contribution in [2.24, 2.45) is 0 Å².